The fraction of sp³-hybridized carbons (Fsp3) is 0.611. The molecule has 1 amide bonds. The van der Waals surface area contributed by atoms with Crippen LogP contribution in [0.3, 0.4) is 0 Å². The second kappa shape index (κ2) is 8.41. The Labute approximate surface area is 137 Å². The fourth-order valence-corrected chi connectivity index (χ4v) is 2.80. The molecule has 0 aromatic heterocycles. The van der Waals surface area contributed by atoms with Gasteiger partial charge in [0, 0.05) is 25.7 Å². The summed E-state index contributed by atoms with van der Waals surface area (Å²) in [4.78, 5) is 14.2. The van der Waals surface area contributed by atoms with E-state index in [-0.39, 0.29) is 30.1 Å². The summed E-state index contributed by atoms with van der Waals surface area (Å²) >= 11 is 0. The van der Waals surface area contributed by atoms with E-state index in [1.807, 2.05) is 26.0 Å². The quantitative estimate of drug-likeness (QED) is 0.845. The number of nitrogens with zero attached hydrogens (tertiary/aromatic N) is 1. The summed E-state index contributed by atoms with van der Waals surface area (Å²) in [6.07, 6.45) is 1.41. The molecule has 2 rings (SSSR count). The monoisotopic (exact) mass is 322 g/mol. The summed E-state index contributed by atoms with van der Waals surface area (Å²) in [5, 5.41) is 12.8. The minimum atomic E-state index is -0.575. The number of benzene rings is 1. The van der Waals surface area contributed by atoms with E-state index in [4.69, 9.17) is 0 Å². The second-order valence-corrected chi connectivity index (χ2v) is 6.76. The van der Waals surface area contributed by atoms with Gasteiger partial charge >= 0.3 is 0 Å². The summed E-state index contributed by atoms with van der Waals surface area (Å²) in [6.45, 7) is 6.45. The van der Waals surface area contributed by atoms with Crippen molar-refractivity contribution < 1.29 is 14.3 Å². The Morgan fingerprint density at radius 2 is 1.91 bits per heavy atom. The number of piperidine rings is 1. The van der Waals surface area contributed by atoms with Crippen LogP contribution in [0.2, 0.25) is 0 Å². The highest BCUT2D eigenvalue weighted by Crippen LogP contribution is 2.15. The molecule has 0 saturated carbocycles. The molecule has 1 saturated heterocycles. The zero-order valence-corrected chi connectivity index (χ0v) is 14.0. The fourth-order valence-electron chi connectivity index (χ4n) is 2.80. The van der Waals surface area contributed by atoms with Crippen molar-refractivity contribution in [2.45, 2.75) is 51.8 Å². The highest BCUT2D eigenvalue weighted by Gasteiger charge is 2.22. The number of hydrogen-bond donors (Lipinski definition) is 2. The van der Waals surface area contributed by atoms with E-state index in [2.05, 4.69) is 10.2 Å². The molecule has 1 fully saturated rings. The maximum absolute atomic E-state index is 12.9. The first-order chi connectivity index (χ1) is 10.9. The van der Waals surface area contributed by atoms with E-state index in [1.54, 1.807) is 0 Å². The first-order valence-electron chi connectivity index (χ1n) is 8.38. The van der Waals surface area contributed by atoms with Crippen LogP contribution in [0.5, 0.6) is 0 Å². The van der Waals surface area contributed by atoms with Crippen molar-refractivity contribution in [2.75, 3.05) is 13.1 Å². The van der Waals surface area contributed by atoms with Crippen LogP contribution >= 0.6 is 0 Å². The number of nitrogens with one attached hydrogen (secondary N) is 1. The summed E-state index contributed by atoms with van der Waals surface area (Å²) in [6, 6.07) is 6.80. The van der Waals surface area contributed by atoms with Crippen LogP contribution in [0.1, 0.15) is 38.7 Å². The number of halogens is 1. The third-order valence-corrected chi connectivity index (χ3v) is 4.44. The number of aliphatic hydroxyl groups is 1. The normalized spacial score (nSPS) is 18.1. The molecular weight excluding hydrogens is 295 g/mol. The van der Waals surface area contributed by atoms with Crippen LogP contribution in [0.15, 0.2) is 24.3 Å². The maximum atomic E-state index is 12.9. The molecule has 2 N–H and O–H groups in total. The molecular formula is C18H27FN2O2. The lowest BCUT2D eigenvalue weighted by Gasteiger charge is -2.32. The lowest BCUT2D eigenvalue weighted by molar-refractivity contribution is -0.124. The highest BCUT2D eigenvalue weighted by molar-refractivity contribution is 5.76. The Morgan fingerprint density at radius 1 is 1.30 bits per heavy atom. The lowest BCUT2D eigenvalue weighted by Crippen LogP contribution is -2.45. The van der Waals surface area contributed by atoms with E-state index in [0.29, 0.717) is 0 Å². The Balaban J connectivity index is 1.71. The minimum absolute atomic E-state index is 0.0665. The van der Waals surface area contributed by atoms with Crippen LogP contribution in [-0.4, -0.2) is 41.1 Å². The summed E-state index contributed by atoms with van der Waals surface area (Å²) in [5.41, 5.74) is 1.11. The van der Waals surface area contributed by atoms with Crippen LogP contribution in [-0.2, 0) is 11.3 Å². The number of aliphatic hydroxyl groups excluding tert-OH is 1. The molecule has 1 atom stereocenters. The molecule has 5 heteroatoms. The largest absolute Gasteiger partial charge is 0.392 e. The Hall–Kier alpha value is -1.46. The molecule has 23 heavy (non-hydrogen) atoms. The van der Waals surface area contributed by atoms with Crippen LogP contribution in [0, 0.1) is 11.7 Å². The van der Waals surface area contributed by atoms with Crippen molar-refractivity contribution in [3.8, 4) is 0 Å². The third-order valence-electron chi connectivity index (χ3n) is 4.44. The van der Waals surface area contributed by atoms with Gasteiger partial charge in [0.05, 0.1) is 12.5 Å². The van der Waals surface area contributed by atoms with E-state index < -0.39 is 6.10 Å². The molecule has 0 radical (unpaired) electrons. The zero-order chi connectivity index (χ0) is 16.8. The first kappa shape index (κ1) is 17.9. The Bertz CT molecular complexity index is 496. The average molecular weight is 322 g/mol. The van der Waals surface area contributed by atoms with Crippen molar-refractivity contribution in [2.24, 2.45) is 5.92 Å². The predicted molar refractivity (Wildman–Crippen MR) is 88.3 cm³/mol. The van der Waals surface area contributed by atoms with Gasteiger partial charge in [0.15, 0.2) is 0 Å². The van der Waals surface area contributed by atoms with Crippen LogP contribution in [0.25, 0.3) is 0 Å². The van der Waals surface area contributed by atoms with Gasteiger partial charge in [-0.1, -0.05) is 26.0 Å². The average Bonchev–Trinajstić information content (AvgIpc) is 2.51. The number of likely N-dealkylation sites (tertiary alicyclic amines) is 1. The van der Waals surface area contributed by atoms with Crippen molar-refractivity contribution in [3.63, 3.8) is 0 Å². The summed E-state index contributed by atoms with van der Waals surface area (Å²) in [7, 11) is 0. The molecule has 0 aliphatic carbocycles. The number of amides is 1. The van der Waals surface area contributed by atoms with Gasteiger partial charge in [-0.3, -0.25) is 9.69 Å². The van der Waals surface area contributed by atoms with Crippen LogP contribution in [0.4, 0.5) is 4.39 Å². The molecule has 1 aliphatic rings. The molecule has 1 heterocycles. The van der Waals surface area contributed by atoms with E-state index >= 15 is 0 Å². The first-order valence-corrected chi connectivity index (χ1v) is 8.38. The number of rotatable bonds is 6. The standard InChI is InChI=1S/C18H27FN2O2/c1-13(2)17(22)11-18(23)20-16-7-9-21(10-8-16)12-14-3-5-15(19)6-4-14/h3-6,13,16-17,22H,7-12H2,1-2H3,(H,20,23). The van der Waals surface area contributed by atoms with Crippen LogP contribution < -0.4 is 5.32 Å². The minimum Gasteiger partial charge on any atom is -0.392 e. The van der Waals surface area contributed by atoms with E-state index in [1.165, 1.54) is 12.1 Å². The van der Waals surface area contributed by atoms with Gasteiger partial charge in [0.2, 0.25) is 5.91 Å². The molecule has 1 aromatic rings. The summed E-state index contributed by atoms with van der Waals surface area (Å²) < 4.78 is 12.9. The molecule has 1 unspecified atom stereocenters. The predicted octanol–water partition coefficient (Wildman–Crippen LogP) is 2.31. The van der Waals surface area contributed by atoms with Gasteiger partial charge < -0.3 is 10.4 Å². The topological polar surface area (TPSA) is 52.6 Å². The smallest absolute Gasteiger partial charge is 0.222 e. The maximum Gasteiger partial charge on any atom is 0.222 e. The Morgan fingerprint density at radius 3 is 2.48 bits per heavy atom. The van der Waals surface area contributed by atoms with Gasteiger partial charge in [0.25, 0.3) is 0 Å². The van der Waals surface area contributed by atoms with Crippen molar-refractivity contribution in [1.29, 1.82) is 0 Å². The molecule has 1 aliphatic heterocycles. The van der Waals surface area contributed by atoms with Gasteiger partial charge in [-0.25, -0.2) is 4.39 Å². The summed E-state index contributed by atoms with van der Waals surface area (Å²) in [5.74, 6) is -0.180. The van der Waals surface area contributed by atoms with Gasteiger partial charge in [-0.15, -0.1) is 0 Å². The highest BCUT2D eigenvalue weighted by atomic mass is 19.1. The van der Waals surface area contributed by atoms with Gasteiger partial charge in [0.1, 0.15) is 5.82 Å². The van der Waals surface area contributed by atoms with Crippen molar-refractivity contribution in [1.82, 2.24) is 10.2 Å². The lowest BCUT2D eigenvalue weighted by atomic mass is 10.0. The van der Waals surface area contributed by atoms with Gasteiger partial charge in [-0.05, 0) is 36.5 Å². The van der Waals surface area contributed by atoms with E-state index in [0.717, 1.165) is 38.0 Å². The van der Waals surface area contributed by atoms with Crippen molar-refractivity contribution in [3.05, 3.63) is 35.6 Å². The molecule has 128 valence electrons. The molecule has 0 spiro atoms. The van der Waals surface area contributed by atoms with Crippen molar-refractivity contribution >= 4 is 5.91 Å². The van der Waals surface area contributed by atoms with Gasteiger partial charge in [-0.2, -0.15) is 0 Å². The SMILES string of the molecule is CC(C)C(O)CC(=O)NC1CCN(Cc2ccc(F)cc2)CC1. The molecule has 0 bridgehead atoms. The van der Waals surface area contributed by atoms with E-state index in [9.17, 15) is 14.3 Å². The molecule has 1 aromatic carbocycles. The number of carbonyl (C=O) groups is 1. The molecule has 4 nitrogen and oxygen atoms in total. The second-order valence-electron chi connectivity index (χ2n) is 6.76. The third kappa shape index (κ3) is 5.92. The number of carbonyl (C=O) groups excluding carboxylic acids is 1. The zero-order valence-electron chi connectivity index (χ0n) is 14.0. The number of hydrogen-bond acceptors (Lipinski definition) is 3. The Kier molecular flexibility index (Phi) is 6.54.